The van der Waals surface area contributed by atoms with Crippen molar-refractivity contribution < 1.29 is 32.2 Å². The summed E-state index contributed by atoms with van der Waals surface area (Å²) in [6.07, 6.45) is -4.59. The van der Waals surface area contributed by atoms with Crippen LogP contribution in [0.25, 0.3) is 0 Å². The molecule has 9 heteroatoms. The molecule has 3 N–H and O–H groups in total. The minimum atomic E-state index is -4.59. The molecule has 1 unspecified atom stereocenters. The van der Waals surface area contributed by atoms with E-state index in [1.807, 2.05) is 0 Å². The Hall–Kier alpha value is -2.03. The molecular formula is C12H14F4N2O3. The lowest BCUT2D eigenvalue weighted by atomic mass is 10.3. The van der Waals surface area contributed by atoms with Crippen LogP contribution < -0.4 is 15.4 Å². The summed E-state index contributed by atoms with van der Waals surface area (Å²) in [5, 5.41) is 13.3. The van der Waals surface area contributed by atoms with Crippen molar-refractivity contribution in [1.29, 1.82) is 0 Å². The van der Waals surface area contributed by atoms with E-state index in [-0.39, 0.29) is 12.3 Å². The van der Waals surface area contributed by atoms with Gasteiger partial charge in [-0.15, -0.1) is 0 Å². The van der Waals surface area contributed by atoms with Gasteiger partial charge in [-0.2, -0.15) is 13.2 Å². The lowest BCUT2D eigenvalue weighted by molar-refractivity contribution is -0.153. The number of urea groups is 1. The number of nitrogens with one attached hydrogen (secondary N) is 2. The van der Waals surface area contributed by atoms with Crippen LogP contribution in [-0.4, -0.2) is 36.6 Å². The number of carbonyl (C=O) groups is 1. The summed E-state index contributed by atoms with van der Waals surface area (Å²) in [4.78, 5) is 11.5. The number of alkyl halides is 3. The summed E-state index contributed by atoms with van der Waals surface area (Å²) in [6.45, 7) is -0.403. The number of hydrogen-bond acceptors (Lipinski definition) is 3. The molecule has 5 nitrogen and oxygen atoms in total. The molecule has 0 aromatic heterocycles. The molecule has 1 rings (SSSR count). The smallest absolute Gasteiger partial charge is 0.422 e. The van der Waals surface area contributed by atoms with Gasteiger partial charge in [0.15, 0.2) is 6.61 Å². The third kappa shape index (κ3) is 6.30. The monoisotopic (exact) mass is 310 g/mol. The fraction of sp³-hybridized carbons (Fsp3) is 0.417. The molecule has 2 amide bonds. The number of carbonyl (C=O) groups excluding carboxylic acids is 1. The Kier molecular flexibility index (Phi) is 5.77. The Balaban J connectivity index is 2.79. The Labute approximate surface area is 117 Å². The van der Waals surface area contributed by atoms with Gasteiger partial charge in [0.1, 0.15) is 11.6 Å². The van der Waals surface area contributed by atoms with Crippen LogP contribution in [0.5, 0.6) is 5.75 Å². The second kappa shape index (κ2) is 7.11. The Morgan fingerprint density at radius 1 is 1.43 bits per heavy atom. The average Bonchev–Trinajstić information content (AvgIpc) is 2.37. The van der Waals surface area contributed by atoms with Crippen molar-refractivity contribution in [1.82, 2.24) is 5.32 Å². The van der Waals surface area contributed by atoms with Crippen molar-refractivity contribution in [3.63, 3.8) is 0 Å². The highest BCUT2D eigenvalue weighted by Gasteiger charge is 2.29. The van der Waals surface area contributed by atoms with Crippen LogP contribution in [0.4, 0.5) is 28.0 Å². The standard InChI is InChI=1S/C12H14F4N2O3/c1-7(5-19)17-11(20)18-9-3-2-8(13)4-10(9)21-6-12(14,15)16/h2-4,7,19H,5-6H2,1H3,(H2,17,18,20). The summed E-state index contributed by atoms with van der Waals surface area (Å²) in [5.74, 6) is -1.25. The minimum Gasteiger partial charge on any atom is -0.482 e. The van der Waals surface area contributed by atoms with Gasteiger partial charge in [0.2, 0.25) is 0 Å². The lowest BCUT2D eigenvalue weighted by Gasteiger charge is -2.16. The van der Waals surface area contributed by atoms with Crippen LogP contribution in [0.15, 0.2) is 18.2 Å². The van der Waals surface area contributed by atoms with E-state index >= 15 is 0 Å². The molecule has 0 aliphatic carbocycles. The van der Waals surface area contributed by atoms with Gasteiger partial charge >= 0.3 is 12.2 Å². The zero-order valence-corrected chi connectivity index (χ0v) is 11.0. The lowest BCUT2D eigenvalue weighted by Crippen LogP contribution is -2.38. The fourth-order valence-electron chi connectivity index (χ4n) is 1.31. The van der Waals surface area contributed by atoms with Gasteiger partial charge < -0.3 is 20.5 Å². The van der Waals surface area contributed by atoms with E-state index in [0.29, 0.717) is 0 Å². The van der Waals surface area contributed by atoms with Crippen LogP contribution >= 0.6 is 0 Å². The molecule has 1 aromatic carbocycles. The van der Waals surface area contributed by atoms with Gasteiger partial charge in [-0.25, -0.2) is 9.18 Å². The zero-order chi connectivity index (χ0) is 16.0. The molecule has 0 aliphatic rings. The number of benzene rings is 1. The van der Waals surface area contributed by atoms with Crippen LogP contribution in [-0.2, 0) is 0 Å². The normalized spacial score (nSPS) is 12.7. The van der Waals surface area contributed by atoms with E-state index in [2.05, 4.69) is 15.4 Å². The first kappa shape index (κ1) is 17.0. The fourth-order valence-corrected chi connectivity index (χ4v) is 1.31. The molecule has 21 heavy (non-hydrogen) atoms. The summed E-state index contributed by atoms with van der Waals surface area (Å²) in [6, 6.07) is 1.46. The van der Waals surface area contributed by atoms with Crippen molar-refractivity contribution in [2.75, 3.05) is 18.5 Å². The van der Waals surface area contributed by atoms with Crippen molar-refractivity contribution in [3.8, 4) is 5.75 Å². The first-order valence-corrected chi connectivity index (χ1v) is 5.88. The maximum Gasteiger partial charge on any atom is 0.422 e. The Morgan fingerprint density at radius 2 is 2.10 bits per heavy atom. The molecule has 0 bridgehead atoms. The molecule has 0 radical (unpaired) electrons. The van der Waals surface area contributed by atoms with Gasteiger partial charge in [0.25, 0.3) is 0 Å². The number of aliphatic hydroxyl groups is 1. The number of rotatable bonds is 5. The number of anilines is 1. The second-order valence-corrected chi connectivity index (χ2v) is 4.23. The number of ether oxygens (including phenoxy) is 1. The number of halogens is 4. The number of amides is 2. The number of aliphatic hydroxyl groups excluding tert-OH is 1. The molecule has 1 aromatic rings. The molecule has 118 valence electrons. The first-order chi connectivity index (χ1) is 9.71. The van der Waals surface area contributed by atoms with Gasteiger partial charge in [0.05, 0.1) is 18.3 Å². The van der Waals surface area contributed by atoms with E-state index in [1.54, 1.807) is 0 Å². The van der Waals surface area contributed by atoms with Gasteiger partial charge in [0, 0.05) is 6.07 Å². The molecule has 0 spiro atoms. The van der Waals surface area contributed by atoms with Crippen LogP contribution in [0.1, 0.15) is 6.92 Å². The summed E-state index contributed by atoms with van der Waals surface area (Å²) in [5.41, 5.74) is -0.122. The van der Waals surface area contributed by atoms with Crippen LogP contribution in [0, 0.1) is 5.82 Å². The van der Waals surface area contributed by atoms with E-state index in [1.165, 1.54) is 6.92 Å². The largest absolute Gasteiger partial charge is 0.482 e. The quantitative estimate of drug-likeness (QED) is 0.731. The topological polar surface area (TPSA) is 70.6 Å². The Morgan fingerprint density at radius 3 is 2.67 bits per heavy atom. The third-order valence-electron chi connectivity index (χ3n) is 2.23. The summed E-state index contributed by atoms with van der Waals surface area (Å²) < 4.78 is 53.8. The summed E-state index contributed by atoms with van der Waals surface area (Å²) in [7, 11) is 0. The highest BCUT2D eigenvalue weighted by atomic mass is 19.4. The predicted molar refractivity (Wildman–Crippen MR) is 66.7 cm³/mol. The van der Waals surface area contributed by atoms with Crippen LogP contribution in [0.2, 0.25) is 0 Å². The maximum atomic E-state index is 13.0. The highest BCUT2D eigenvalue weighted by Crippen LogP contribution is 2.27. The third-order valence-corrected chi connectivity index (χ3v) is 2.23. The van der Waals surface area contributed by atoms with Crippen molar-refractivity contribution in [2.45, 2.75) is 19.1 Å². The van der Waals surface area contributed by atoms with Gasteiger partial charge in [-0.3, -0.25) is 0 Å². The zero-order valence-electron chi connectivity index (χ0n) is 11.0. The number of hydrogen-bond donors (Lipinski definition) is 3. The van der Waals surface area contributed by atoms with Gasteiger partial charge in [-0.1, -0.05) is 0 Å². The van der Waals surface area contributed by atoms with E-state index in [0.717, 1.165) is 18.2 Å². The van der Waals surface area contributed by atoms with E-state index < -0.39 is 36.4 Å². The minimum absolute atomic E-state index is 0.122. The van der Waals surface area contributed by atoms with Crippen molar-refractivity contribution in [2.24, 2.45) is 0 Å². The van der Waals surface area contributed by atoms with Crippen LogP contribution in [0.3, 0.4) is 0 Å². The first-order valence-electron chi connectivity index (χ1n) is 5.88. The molecule has 1 atom stereocenters. The van der Waals surface area contributed by atoms with Crippen molar-refractivity contribution >= 4 is 11.7 Å². The predicted octanol–water partition coefficient (Wildman–Crippen LogP) is 2.27. The summed E-state index contributed by atoms with van der Waals surface area (Å²) >= 11 is 0. The molecule has 0 heterocycles. The van der Waals surface area contributed by atoms with E-state index in [9.17, 15) is 22.4 Å². The molecule has 0 fully saturated rings. The van der Waals surface area contributed by atoms with Gasteiger partial charge in [-0.05, 0) is 19.1 Å². The molecule has 0 saturated carbocycles. The van der Waals surface area contributed by atoms with E-state index in [4.69, 9.17) is 5.11 Å². The molecule has 0 aliphatic heterocycles. The van der Waals surface area contributed by atoms with Crippen molar-refractivity contribution in [3.05, 3.63) is 24.0 Å². The molecule has 0 saturated heterocycles. The Bertz CT molecular complexity index is 494. The maximum absolute atomic E-state index is 13.0. The average molecular weight is 310 g/mol. The highest BCUT2D eigenvalue weighted by molar-refractivity contribution is 5.91. The second-order valence-electron chi connectivity index (χ2n) is 4.23. The molecular weight excluding hydrogens is 296 g/mol. The SMILES string of the molecule is CC(CO)NC(=O)Nc1ccc(F)cc1OCC(F)(F)F.